The van der Waals surface area contributed by atoms with E-state index in [1.54, 1.807) is 0 Å². The van der Waals surface area contributed by atoms with Crippen molar-refractivity contribution >= 4 is 5.91 Å². The largest absolute Gasteiger partial charge is 0.573 e. The highest BCUT2D eigenvalue weighted by Crippen LogP contribution is 2.29. The summed E-state index contributed by atoms with van der Waals surface area (Å²) in [4.78, 5) is 22.3. The van der Waals surface area contributed by atoms with Crippen molar-refractivity contribution in [3.63, 3.8) is 0 Å². The molecule has 1 unspecified atom stereocenters. The number of benzene rings is 1. The fraction of sp³-hybridized carbons (Fsp3) is 0.389. The van der Waals surface area contributed by atoms with Gasteiger partial charge in [0.1, 0.15) is 11.9 Å². The lowest BCUT2D eigenvalue weighted by Crippen LogP contribution is -2.44. The number of alkyl halides is 3. The maximum atomic E-state index is 12.8. The van der Waals surface area contributed by atoms with Gasteiger partial charge in [0.15, 0.2) is 0 Å². The Kier molecular flexibility index (Phi) is 5.86. The summed E-state index contributed by atoms with van der Waals surface area (Å²) in [5.41, 5.74) is -0.155. The molecule has 0 spiro atoms. The summed E-state index contributed by atoms with van der Waals surface area (Å²) >= 11 is 0. The molecule has 3 rings (SSSR count). The number of ether oxygens (including phenoxy) is 3. The third-order valence-corrected chi connectivity index (χ3v) is 4.11. The second-order valence-corrected chi connectivity index (χ2v) is 6.05. The Morgan fingerprint density at radius 1 is 1.18 bits per heavy atom. The zero-order valence-corrected chi connectivity index (χ0v) is 15.0. The van der Waals surface area contributed by atoms with Crippen LogP contribution < -0.4 is 14.2 Å². The molecule has 2 heterocycles. The Labute approximate surface area is 159 Å². The van der Waals surface area contributed by atoms with Crippen molar-refractivity contribution in [1.82, 2.24) is 14.9 Å². The fourth-order valence-corrected chi connectivity index (χ4v) is 2.94. The van der Waals surface area contributed by atoms with Gasteiger partial charge in [-0.1, -0.05) is 12.1 Å². The molecule has 0 aliphatic carbocycles. The van der Waals surface area contributed by atoms with E-state index >= 15 is 0 Å². The number of methoxy groups -OCH3 is 1. The molecule has 1 amide bonds. The summed E-state index contributed by atoms with van der Waals surface area (Å²) in [6, 6.07) is 5.28. The van der Waals surface area contributed by atoms with Crippen LogP contribution in [0.15, 0.2) is 36.7 Å². The minimum Gasteiger partial charge on any atom is -0.477 e. The van der Waals surface area contributed by atoms with Crippen LogP contribution in [0.5, 0.6) is 17.5 Å². The van der Waals surface area contributed by atoms with Crippen LogP contribution in [-0.2, 0) is 0 Å². The molecule has 1 fully saturated rings. The van der Waals surface area contributed by atoms with Crippen molar-refractivity contribution in [2.45, 2.75) is 25.3 Å². The molecule has 7 nitrogen and oxygen atoms in total. The van der Waals surface area contributed by atoms with E-state index in [0.29, 0.717) is 19.4 Å². The van der Waals surface area contributed by atoms with Crippen molar-refractivity contribution in [2.75, 3.05) is 20.2 Å². The van der Waals surface area contributed by atoms with Crippen LogP contribution in [-0.4, -0.2) is 53.4 Å². The molecule has 1 saturated heterocycles. The van der Waals surface area contributed by atoms with E-state index in [2.05, 4.69) is 14.7 Å². The SMILES string of the molecule is COc1nccnc1OC1CCCN(C(=O)c2ccccc2OC(F)(F)F)C1. The molecule has 150 valence electrons. The van der Waals surface area contributed by atoms with Crippen molar-refractivity contribution in [2.24, 2.45) is 0 Å². The standard InChI is InChI=1S/C18H18F3N3O4/c1-26-15-16(23-9-8-22-15)27-12-5-4-10-24(11-12)17(25)13-6-2-3-7-14(13)28-18(19,20)21/h2-3,6-9,12H,4-5,10-11H2,1H3. The maximum absolute atomic E-state index is 12.8. The fourth-order valence-electron chi connectivity index (χ4n) is 2.94. The molecular formula is C18H18F3N3O4. The van der Waals surface area contributed by atoms with E-state index in [1.807, 2.05) is 0 Å². The molecule has 1 aliphatic rings. The molecule has 2 aromatic rings. The number of rotatable bonds is 5. The average Bonchev–Trinajstić information content (AvgIpc) is 2.67. The number of aromatic nitrogens is 2. The summed E-state index contributed by atoms with van der Waals surface area (Å²) < 4.78 is 52.7. The second kappa shape index (κ2) is 8.32. The third kappa shape index (κ3) is 4.81. The van der Waals surface area contributed by atoms with Crippen molar-refractivity contribution in [3.8, 4) is 17.5 Å². The quantitative estimate of drug-likeness (QED) is 0.772. The first-order chi connectivity index (χ1) is 13.4. The van der Waals surface area contributed by atoms with Gasteiger partial charge in [0.05, 0.1) is 19.2 Å². The first kappa shape index (κ1) is 19.7. The molecule has 1 aromatic carbocycles. The Morgan fingerprint density at radius 2 is 1.89 bits per heavy atom. The van der Waals surface area contributed by atoms with Gasteiger partial charge in [-0.2, -0.15) is 0 Å². The monoisotopic (exact) mass is 397 g/mol. The van der Waals surface area contributed by atoms with Gasteiger partial charge in [-0.3, -0.25) is 4.79 Å². The Balaban J connectivity index is 1.73. The van der Waals surface area contributed by atoms with Crippen LogP contribution in [0.25, 0.3) is 0 Å². The van der Waals surface area contributed by atoms with Gasteiger partial charge < -0.3 is 19.1 Å². The van der Waals surface area contributed by atoms with E-state index in [-0.39, 0.29) is 30.0 Å². The number of amides is 1. The number of carbonyl (C=O) groups is 1. The number of nitrogens with zero attached hydrogens (tertiary/aromatic N) is 3. The predicted octanol–water partition coefficient (Wildman–Crippen LogP) is 3.07. The first-order valence-electron chi connectivity index (χ1n) is 8.53. The Morgan fingerprint density at radius 3 is 2.61 bits per heavy atom. The van der Waals surface area contributed by atoms with Crippen LogP contribution in [0, 0.1) is 0 Å². The average molecular weight is 397 g/mol. The molecule has 1 aromatic heterocycles. The van der Waals surface area contributed by atoms with Gasteiger partial charge in [0.25, 0.3) is 17.7 Å². The topological polar surface area (TPSA) is 73.8 Å². The first-order valence-corrected chi connectivity index (χ1v) is 8.53. The van der Waals surface area contributed by atoms with Gasteiger partial charge in [-0.05, 0) is 25.0 Å². The molecule has 0 radical (unpaired) electrons. The summed E-state index contributed by atoms with van der Waals surface area (Å²) in [7, 11) is 1.44. The number of halogens is 3. The highest BCUT2D eigenvalue weighted by Gasteiger charge is 2.34. The lowest BCUT2D eigenvalue weighted by Gasteiger charge is -2.33. The van der Waals surface area contributed by atoms with Crippen LogP contribution in [0.4, 0.5) is 13.2 Å². The smallest absolute Gasteiger partial charge is 0.477 e. The Hall–Kier alpha value is -3.04. The predicted molar refractivity (Wildman–Crippen MR) is 91.3 cm³/mol. The van der Waals surface area contributed by atoms with Gasteiger partial charge in [0, 0.05) is 18.9 Å². The molecule has 28 heavy (non-hydrogen) atoms. The third-order valence-electron chi connectivity index (χ3n) is 4.11. The van der Waals surface area contributed by atoms with Crippen molar-refractivity contribution < 1.29 is 32.2 Å². The van der Waals surface area contributed by atoms with E-state index in [0.717, 1.165) is 6.07 Å². The number of para-hydroxylation sites is 1. The van der Waals surface area contributed by atoms with E-state index < -0.39 is 18.0 Å². The highest BCUT2D eigenvalue weighted by atomic mass is 19.4. The molecule has 1 atom stereocenters. The second-order valence-electron chi connectivity index (χ2n) is 6.05. The minimum absolute atomic E-state index is 0.155. The number of carbonyl (C=O) groups excluding carboxylic acids is 1. The zero-order chi connectivity index (χ0) is 20.1. The summed E-state index contributed by atoms with van der Waals surface area (Å²) in [5, 5.41) is 0. The number of piperidine rings is 1. The van der Waals surface area contributed by atoms with Crippen LogP contribution in [0.1, 0.15) is 23.2 Å². The van der Waals surface area contributed by atoms with Gasteiger partial charge >= 0.3 is 6.36 Å². The maximum Gasteiger partial charge on any atom is 0.573 e. The lowest BCUT2D eigenvalue weighted by atomic mass is 10.1. The number of likely N-dealkylation sites (tertiary alicyclic amines) is 1. The molecule has 0 N–H and O–H groups in total. The molecule has 0 bridgehead atoms. The summed E-state index contributed by atoms with van der Waals surface area (Å²) in [6.45, 7) is 0.593. The summed E-state index contributed by atoms with van der Waals surface area (Å²) in [6.07, 6.45) is -1.08. The number of hydrogen-bond donors (Lipinski definition) is 0. The van der Waals surface area contributed by atoms with E-state index in [4.69, 9.17) is 9.47 Å². The molecular weight excluding hydrogens is 379 g/mol. The van der Waals surface area contributed by atoms with Crippen LogP contribution >= 0.6 is 0 Å². The van der Waals surface area contributed by atoms with Crippen LogP contribution in [0.2, 0.25) is 0 Å². The molecule has 0 saturated carbocycles. The van der Waals surface area contributed by atoms with E-state index in [1.165, 1.54) is 42.6 Å². The van der Waals surface area contributed by atoms with Crippen molar-refractivity contribution in [3.05, 3.63) is 42.2 Å². The normalized spacial score (nSPS) is 17.1. The molecule has 10 heteroatoms. The van der Waals surface area contributed by atoms with Gasteiger partial charge in [-0.15, -0.1) is 13.2 Å². The number of hydrogen-bond acceptors (Lipinski definition) is 6. The van der Waals surface area contributed by atoms with Crippen molar-refractivity contribution in [1.29, 1.82) is 0 Å². The van der Waals surface area contributed by atoms with E-state index in [9.17, 15) is 18.0 Å². The van der Waals surface area contributed by atoms with Gasteiger partial charge in [-0.25, -0.2) is 9.97 Å². The zero-order valence-electron chi connectivity index (χ0n) is 15.0. The Bertz CT molecular complexity index is 832. The molecule has 1 aliphatic heterocycles. The highest BCUT2D eigenvalue weighted by molar-refractivity contribution is 5.97. The summed E-state index contributed by atoms with van der Waals surface area (Å²) in [5.74, 6) is -0.669. The minimum atomic E-state index is -4.88. The van der Waals surface area contributed by atoms with Crippen LogP contribution in [0.3, 0.4) is 0 Å². The van der Waals surface area contributed by atoms with Gasteiger partial charge in [0.2, 0.25) is 0 Å². The lowest BCUT2D eigenvalue weighted by molar-refractivity contribution is -0.274.